The van der Waals surface area contributed by atoms with E-state index in [1.54, 1.807) is 12.4 Å². The van der Waals surface area contributed by atoms with Crippen molar-refractivity contribution < 1.29 is 4.74 Å². The lowest BCUT2D eigenvalue weighted by atomic mass is 10.2. The number of halogens is 1. The smallest absolute Gasteiger partial charge is 0.234 e. The first-order valence-corrected chi connectivity index (χ1v) is 7.01. The van der Waals surface area contributed by atoms with Crippen LogP contribution >= 0.6 is 15.9 Å². The second-order valence-electron chi connectivity index (χ2n) is 4.05. The van der Waals surface area contributed by atoms with Crippen LogP contribution in [0.2, 0.25) is 0 Å². The largest absolute Gasteiger partial charge is 0.472 e. The summed E-state index contributed by atoms with van der Waals surface area (Å²) in [5.74, 6) is 1.27. The van der Waals surface area contributed by atoms with Crippen molar-refractivity contribution in [3.05, 3.63) is 46.7 Å². The number of hydrogen-bond acceptors (Lipinski definition) is 4. The van der Waals surface area contributed by atoms with Gasteiger partial charge in [0.05, 0.1) is 12.4 Å². The molecule has 0 aliphatic carbocycles. The second kappa shape index (κ2) is 7.09. The Balaban J connectivity index is 1.98. The molecule has 0 bridgehead atoms. The molecule has 0 atom stereocenters. The van der Waals surface area contributed by atoms with E-state index in [2.05, 4.69) is 38.1 Å². The first kappa shape index (κ1) is 13.8. The summed E-state index contributed by atoms with van der Waals surface area (Å²) in [5.41, 5.74) is 1.08. The highest BCUT2D eigenvalue weighted by Crippen LogP contribution is 2.18. The molecule has 1 aromatic heterocycles. The Morgan fingerprint density at radius 3 is 2.89 bits per heavy atom. The Bertz CT molecular complexity index is 534. The van der Waals surface area contributed by atoms with Gasteiger partial charge in [-0.2, -0.15) is 4.98 Å². The molecule has 0 aliphatic heterocycles. The van der Waals surface area contributed by atoms with Crippen molar-refractivity contribution in [1.82, 2.24) is 9.97 Å². The topological polar surface area (TPSA) is 47.0 Å². The van der Waals surface area contributed by atoms with E-state index in [1.807, 2.05) is 24.3 Å². The van der Waals surface area contributed by atoms with Crippen molar-refractivity contribution in [3.63, 3.8) is 0 Å². The van der Waals surface area contributed by atoms with Gasteiger partial charge in [-0.3, -0.25) is 4.98 Å². The molecule has 0 amide bonds. The summed E-state index contributed by atoms with van der Waals surface area (Å²) >= 11 is 3.49. The van der Waals surface area contributed by atoms with Crippen LogP contribution in [0.3, 0.4) is 0 Å². The van der Waals surface area contributed by atoms with Crippen LogP contribution in [0.4, 0.5) is 5.82 Å². The number of aromatic nitrogens is 2. The SMILES string of the molecule is CCCNc1cncc(OCc2ccccc2Br)n1. The highest BCUT2D eigenvalue weighted by molar-refractivity contribution is 9.10. The Labute approximate surface area is 121 Å². The number of rotatable bonds is 6. The first-order chi connectivity index (χ1) is 9.29. The second-order valence-corrected chi connectivity index (χ2v) is 4.90. The van der Waals surface area contributed by atoms with Crippen LogP contribution in [-0.2, 0) is 6.61 Å². The van der Waals surface area contributed by atoms with E-state index in [9.17, 15) is 0 Å². The summed E-state index contributed by atoms with van der Waals surface area (Å²) in [5, 5.41) is 3.18. The van der Waals surface area contributed by atoms with Crippen LogP contribution in [0.15, 0.2) is 41.1 Å². The van der Waals surface area contributed by atoms with Crippen molar-refractivity contribution >= 4 is 21.7 Å². The summed E-state index contributed by atoms with van der Waals surface area (Å²) in [6, 6.07) is 7.96. The fourth-order valence-corrected chi connectivity index (χ4v) is 1.92. The zero-order valence-electron chi connectivity index (χ0n) is 10.8. The fourth-order valence-electron chi connectivity index (χ4n) is 1.52. The molecule has 100 valence electrons. The van der Waals surface area contributed by atoms with E-state index in [0.29, 0.717) is 12.5 Å². The minimum absolute atomic E-state index is 0.466. The van der Waals surface area contributed by atoms with E-state index in [4.69, 9.17) is 4.74 Å². The Kier molecular flexibility index (Phi) is 5.15. The quantitative estimate of drug-likeness (QED) is 0.882. The van der Waals surface area contributed by atoms with E-state index in [-0.39, 0.29) is 0 Å². The maximum atomic E-state index is 5.65. The van der Waals surface area contributed by atoms with E-state index in [0.717, 1.165) is 28.8 Å². The highest BCUT2D eigenvalue weighted by atomic mass is 79.9. The van der Waals surface area contributed by atoms with Crippen LogP contribution in [-0.4, -0.2) is 16.5 Å². The molecule has 0 spiro atoms. The molecule has 0 saturated carbocycles. The first-order valence-electron chi connectivity index (χ1n) is 6.21. The summed E-state index contributed by atoms with van der Waals surface area (Å²) in [6.45, 7) is 3.45. The molecule has 0 saturated heterocycles. The zero-order valence-corrected chi connectivity index (χ0v) is 12.4. The van der Waals surface area contributed by atoms with Crippen molar-refractivity contribution in [2.45, 2.75) is 20.0 Å². The van der Waals surface area contributed by atoms with Gasteiger partial charge in [0.2, 0.25) is 5.88 Å². The minimum Gasteiger partial charge on any atom is -0.472 e. The van der Waals surface area contributed by atoms with Crippen LogP contribution in [0.1, 0.15) is 18.9 Å². The van der Waals surface area contributed by atoms with Crippen molar-refractivity contribution in [2.75, 3.05) is 11.9 Å². The van der Waals surface area contributed by atoms with Crippen LogP contribution in [0.5, 0.6) is 5.88 Å². The maximum absolute atomic E-state index is 5.65. The average molecular weight is 322 g/mol. The van der Waals surface area contributed by atoms with E-state index < -0.39 is 0 Å². The molecule has 5 heteroatoms. The monoisotopic (exact) mass is 321 g/mol. The summed E-state index contributed by atoms with van der Waals surface area (Å²) in [4.78, 5) is 8.45. The van der Waals surface area contributed by atoms with Gasteiger partial charge in [-0.25, -0.2) is 0 Å². The lowest BCUT2D eigenvalue weighted by molar-refractivity contribution is 0.292. The van der Waals surface area contributed by atoms with Gasteiger partial charge in [0.15, 0.2) is 0 Å². The number of nitrogens with zero attached hydrogens (tertiary/aromatic N) is 2. The molecule has 0 aliphatic rings. The average Bonchev–Trinajstić information content (AvgIpc) is 2.45. The fraction of sp³-hybridized carbons (Fsp3) is 0.286. The van der Waals surface area contributed by atoms with Gasteiger partial charge in [0, 0.05) is 16.6 Å². The molecular weight excluding hydrogens is 306 g/mol. The predicted octanol–water partition coefficient (Wildman–Crippen LogP) is 3.64. The molecule has 2 aromatic rings. The van der Waals surface area contributed by atoms with Crippen molar-refractivity contribution in [2.24, 2.45) is 0 Å². The Hall–Kier alpha value is -1.62. The third-order valence-corrected chi connectivity index (χ3v) is 3.28. The molecule has 1 aromatic carbocycles. The Morgan fingerprint density at radius 2 is 2.11 bits per heavy atom. The summed E-state index contributed by atoms with van der Waals surface area (Å²) < 4.78 is 6.68. The van der Waals surface area contributed by atoms with Crippen LogP contribution in [0.25, 0.3) is 0 Å². The number of ether oxygens (including phenoxy) is 1. The molecule has 1 N–H and O–H groups in total. The van der Waals surface area contributed by atoms with E-state index in [1.165, 1.54) is 0 Å². The van der Waals surface area contributed by atoms with Crippen molar-refractivity contribution in [1.29, 1.82) is 0 Å². The van der Waals surface area contributed by atoms with Gasteiger partial charge in [0.1, 0.15) is 12.4 Å². The molecule has 1 heterocycles. The third kappa shape index (κ3) is 4.21. The number of anilines is 1. The molecule has 0 fully saturated rings. The highest BCUT2D eigenvalue weighted by Gasteiger charge is 2.02. The zero-order chi connectivity index (χ0) is 13.5. The molecule has 19 heavy (non-hydrogen) atoms. The predicted molar refractivity (Wildman–Crippen MR) is 79.3 cm³/mol. The molecule has 4 nitrogen and oxygen atoms in total. The molecule has 0 unspecified atom stereocenters. The van der Waals surface area contributed by atoms with Gasteiger partial charge in [-0.05, 0) is 12.5 Å². The van der Waals surface area contributed by atoms with Gasteiger partial charge in [0.25, 0.3) is 0 Å². The number of hydrogen-bond donors (Lipinski definition) is 1. The van der Waals surface area contributed by atoms with Gasteiger partial charge < -0.3 is 10.1 Å². The van der Waals surface area contributed by atoms with Crippen molar-refractivity contribution in [3.8, 4) is 5.88 Å². The van der Waals surface area contributed by atoms with E-state index >= 15 is 0 Å². The molecule has 2 rings (SSSR count). The number of nitrogens with one attached hydrogen (secondary N) is 1. The van der Waals surface area contributed by atoms with Gasteiger partial charge >= 0.3 is 0 Å². The summed E-state index contributed by atoms with van der Waals surface area (Å²) in [7, 11) is 0. The minimum atomic E-state index is 0.466. The van der Waals surface area contributed by atoms with Crippen LogP contribution in [0, 0.1) is 0 Å². The third-order valence-electron chi connectivity index (χ3n) is 2.50. The normalized spacial score (nSPS) is 10.2. The summed E-state index contributed by atoms with van der Waals surface area (Å²) in [6.07, 6.45) is 4.36. The number of benzene rings is 1. The Morgan fingerprint density at radius 1 is 1.26 bits per heavy atom. The molecule has 0 radical (unpaired) electrons. The lowest BCUT2D eigenvalue weighted by Gasteiger charge is -2.08. The van der Waals surface area contributed by atoms with Crippen LogP contribution < -0.4 is 10.1 Å². The lowest BCUT2D eigenvalue weighted by Crippen LogP contribution is -2.04. The maximum Gasteiger partial charge on any atom is 0.234 e. The van der Waals surface area contributed by atoms with Gasteiger partial charge in [-0.15, -0.1) is 0 Å². The standard InChI is InChI=1S/C14H16BrN3O/c1-2-7-17-13-8-16-9-14(18-13)19-10-11-5-3-4-6-12(11)15/h3-6,8-9H,2,7,10H2,1H3,(H,17,18). The molecular formula is C14H16BrN3O. The van der Waals surface area contributed by atoms with Gasteiger partial charge in [-0.1, -0.05) is 41.1 Å².